The van der Waals surface area contributed by atoms with Crippen molar-refractivity contribution >= 4 is 0 Å². The lowest BCUT2D eigenvalue weighted by Crippen LogP contribution is -2.34. The van der Waals surface area contributed by atoms with Gasteiger partial charge in [-0.05, 0) is 12.8 Å². The van der Waals surface area contributed by atoms with Crippen LogP contribution in [0.3, 0.4) is 0 Å². The fourth-order valence-electron chi connectivity index (χ4n) is 0.689. The van der Waals surface area contributed by atoms with Crippen molar-refractivity contribution in [2.24, 2.45) is 5.92 Å². The molecule has 0 bridgehead atoms. The second kappa shape index (κ2) is 5.44. The first-order valence-electron chi connectivity index (χ1n) is 4.27. The van der Waals surface area contributed by atoms with Crippen LogP contribution >= 0.6 is 0 Å². The van der Waals surface area contributed by atoms with Crippen LogP contribution in [-0.2, 0) is 4.74 Å². The van der Waals surface area contributed by atoms with Gasteiger partial charge < -0.3 is 5.32 Å². The highest BCUT2D eigenvalue weighted by molar-refractivity contribution is 4.63. The lowest BCUT2D eigenvalue weighted by atomic mass is 10.1. The van der Waals surface area contributed by atoms with Crippen LogP contribution in [0.5, 0.6) is 0 Å². The van der Waals surface area contributed by atoms with Crippen molar-refractivity contribution in [3.63, 3.8) is 0 Å². The predicted octanol–water partition coefficient (Wildman–Crippen LogP) is 2.16. The van der Waals surface area contributed by atoms with Gasteiger partial charge in [0.05, 0.1) is 6.61 Å². The Balaban J connectivity index is 3.36. The van der Waals surface area contributed by atoms with Crippen LogP contribution in [0, 0.1) is 5.92 Å². The third-order valence-corrected chi connectivity index (χ3v) is 1.83. The van der Waals surface area contributed by atoms with E-state index < -0.39 is 6.36 Å². The van der Waals surface area contributed by atoms with Crippen LogP contribution in [0.2, 0.25) is 0 Å². The number of hydrogen-bond donors (Lipinski definition) is 1. The van der Waals surface area contributed by atoms with E-state index in [0.29, 0.717) is 5.92 Å². The van der Waals surface area contributed by atoms with Gasteiger partial charge in [-0.2, -0.15) is 0 Å². The van der Waals surface area contributed by atoms with E-state index >= 15 is 0 Å². The highest BCUT2D eigenvalue weighted by Crippen LogP contribution is 2.15. The smallest absolute Gasteiger partial charge is 0.312 e. The van der Waals surface area contributed by atoms with Crippen LogP contribution in [0.4, 0.5) is 13.2 Å². The Bertz CT molecular complexity index is 136. The zero-order chi connectivity index (χ0) is 10.5. The molecule has 1 N–H and O–H groups in total. The number of rotatable bonds is 5. The number of nitrogens with one attached hydrogen (secondary N) is 1. The maximum Gasteiger partial charge on any atom is 0.522 e. The van der Waals surface area contributed by atoms with Crippen LogP contribution in [-0.4, -0.2) is 25.6 Å². The molecule has 13 heavy (non-hydrogen) atoms. The number of hydrogen-bond acceptors (Lipinski definition) is 2. The molecule has 0 spiro atoms. The summed E-state index contributed by atoms with van der Waals surface area (Å²) in [6.45, 7) is 5.82. The largest absolute Gasteiger partial charge is 0.522 e. The van der Waals surface area contributed by atoms with E-state index in [9.17, 15) is 13.2 Å². The summed E-state index contributed by atoms with van der Waals surface area (Å²) >= 11 is 0. The fourth-order valence-corrected chi connectivity index (χ4v) is 0.689. The van der Waals surface area contributed by atoms with E-state index in [1.807, 2.05) is 20.8 Å². The minimum atomic E-state index is -4.51. The molecular weight excluding hydrogens is 183 g/mol. The Morgan fingerprint density at radius 3 is 2.15 bits per heavy atom. The SMILES string of the molecule is CC(C)C(C)NCCOC(F)(F)F. The molecule has 0 radical (unpaired) electrons. The van der Waals surface area contributed by atoms with E-state index in [1.54, 1.807) is 0 Å². The molecule has 1 unspecified atom stereocenters. The summed E-state index contributed by atoms with van der Waals surface area (Å²) in [5, 5.41) is 2.93. The van der Waals surface area contributed by atoms with Gasteiger partial charge in [0.1, 0.15) is 0 Å². The third kappa shape index (κ3) is 8.05. The molecule has 0 saturated carbocycles. The molecule has 5 heteroatoms. The molecule has 0 saturated heterocycles. The molecular formula is C8H16F3NO. The maximum atomic E-state index is 11.5. The van der Waals surface area contributed by atoms with E-state index in [2.05, 4.69) is 10.1 Å². The second-order valence-electron chi connectivity index (χ2n) is 3.28. The molecule has 0 aromatic heterocycles. The summed E-state index contributed by atoms with van der Waals surface area (Å²) < 4.78 is 38.1. The fraction of sp³-hybridized carbons (Fsp3) is 1.00. The number of ether oxygens (including phenoxy) is 1. The van der Waals surface area contributed by atoms with Crippen LogP contribution in [0.25, 0.3) is 0 Å². The van der Waals surface area contributed by atoms with Crippen molar-refractivity contribution in [3.05, 3.63) is 0 Å². The summed E-state index contributed by atoms with van der Waals surface area (Å²) in [6.07, 6.45) is -4.51. The van der Waals surface area contributed by atoms with Gasteiger partial charge in [0.15, 0.2) is 0 Å². The monoisotopic (exact) mass is 199 g/mol. The summed E-state index contributed by atoms with van der Waals surface area (Å²) in [6, 6.07) is 0.205. The molecule has 0 aromatic rings. The van der Waals surface area contributed by atoms with Crippen molar-refractivity contribution in [2.45, 2.75) is 33.2 Å². The number of alkyl halides is 3. The molecule has 1 atom stereocenters. The summed E-state index contributed by atoms with van der Waals surface area (Å²) in [7, 11) is 0. The molecule has 0 heterocycles. The van der Waals surface area contributed by atoms with Crippen molar-refractivity contribution in [2.75, 3.05) is 13.2 Å². The molecule has 0 rings (SSSR count). The predicted molar refractivity (Wildman–Crippen MR) is 44.3 cm³/mol. The minimum Gasteiger partial charge on any atom is -0.312 e. The van der Waals surface area contributed by atoms with Gasteiger partial charge in [-0.25, -0.2) is 0 Å². The quantitative estimate of drug-likeness (QED) is 0.685. The third-order valence-electron chi connectivity index (χ3n) is 1.83. The molecule has 0 aliphatic heterocycles. The Kier molecular flexibility index (Phi) is 5.32. The van der Waals surface area contributed by atoms with Crippen molar-refractivity contribution in [1.82, 2.24) is 5.32 Å². The highest BCUT2D eigenvalue weighted by Gasteiger charge is 2.28. The van der Waals surface area contributed by atoms with E-state index in [-0.39, 0.29) is 19.2 Å². The maximum absolute atomic E-state index is 11.5. The first-order valence-corrected chi connectivity index (χ1v) is 4.27. The van der Waals surface area contributed by atoms with Gasteiger partial charge in [0, 0.05) is 12.6 Å². The molecule has 2 nitrogen and oxygen atoms in total. The van der Waals surface area contributed by atoms with E-state index in [4.69, 9.17) is 0 Å². The average molecular weight is 199 g/mol. The first kappa shape index (κ1) is 12.7. The molecule has 0 aliphatic rings. The summed E-state index contributed by atoms with van der Waals surface area (Å²) in [5.41, 5.74) is 0. The molecule has 0 fully saturated rings. The standard InChI is InChI=1S/C8H16F3NO/c1-6(2)7(3)12-4-5-13-8(9,10)11/h6-7,12H,4-5H2,1-3H3. The Morgan fingerprint density at radius 2 is 1.77 bits per heavy atom. The van der Waals surface area contributed by atoms with Crippen LogP contribution in [0.1, 0.15) is 20.8 Å². The van der Waals surface area contributed by atoms with Crippen molar-refractivity contribution in [3.8, 4) is 0 Å². The molecule has 0 amide bonds. The zero-order valence-corrected chi connectivity index (χ0v) is 8.11. The Hall–Kier alpha value is -0.290. The first-order chi connectivity index (χ1) is 5.83. The van der Waals surface area contributed by atoms with E-state index in [0.717, 1.165) is 0 Å². The van der Waals surface area contributed by atoms with Gasteiger partial charge in [-0.1, -0.05) is 13.8 Å². The number of halogens is 3. The van der Waals surface area contributed by atoms with Crippen molar-refractivity contribution in [1.29, 1.82) is 0 Å². The Labute approximate surface area is 76.5 Å². The normalized spacial score (nSPS) is 15.0. The lowest BCUT2D eigenvalue weighted by molar-refractivity contribution is -0.323. The summed E-state index contributed by atoms with van der Waals surface area (Å²) in [5.74, 6) is 0.408. The van der Waals surface area contributed by atoms with E-state index in [1.165, 1.54) is 0 Å². The van der Waals surface area contributed by atoms with Gasteiger partial charge in [0.2, 0.25) is 0 Å². The van der Waals surface area contributed by atoms with Crippen molar-refractivity contribution < 1.29 is 17.9 Å². The average Bonchev–Trinajstić information content (AvgIpc) is 1.95. The Morgan fingerprint density at radius 1 is 1.23 bits per heavy atom. The van der Waals surface area contributed by atoms with Gasteiger partial charge in [-0.15, -0.1) is 13.2 Å². The summed E-state index contributed by atoms with van der Waals surface area (Å²) in [4.78, 5) is 0. The van der Waals surface area contributed by atoms with Gasteiger partial charge in [-0.3, -0.25) is 4.74 Å². The topological polar surface area (TPSA) is 21.3 Å². The molecule has 0 aliphatic carbocycles. The molecule has 0 aromatic carbocycles. The van der Waals surface area contributed by atoms with Crippen LogP contribution < -0.4 is 5.32 Å². The van der Waals surface area contributed by atoms with Gasteiger partial charge in [0.25, 0.3) is 0 Å². The molecule has 80 valence electrons. The minimum absolute atomic E-state index is 0.205. The lowest BCUT2D eigenvalue weighted by Gasteiger charge is -2.17. The van der Waals surface area contributed by atoms with Crippen LogP contribution in [0.15, 0.2) is 0 Å². The zero-order valence-electron chi connectivity index (χ0n) is 8.11. The highest BCUT2D eigenvalue weighted by atomic mass is 19.4. The second-order valence-corrected chi connectivity index (χ2v) is 3.28. The van der Waals surface area contributed by atoms with Gasteiger partial charge >= 0.3 is 6.36 Å².